The van der Waals surface area contributed by atoms with Crippen molar-refractivity contribution in [3.8, 4) is 0 Å². The summed E-state index contributed by atoms with van der Waals surface area (Å²) in [5.74, 6) is -0.324. The monoisotopic (exact) mass is 354 g/mol. The molecule has 3 amide bonds. The summed E-state index contributed by atoms with van der Waals surface area (Å²) in [6.45, 7) is 9.51. The summed E-state index contributed by atoms with van der Waals surface area (Å²) < 4.78 is 4.98. The predicted octanol–water partition coefficient (Wildman–Crippen LogP) is 0.278. The minimum Gasteiger partial charge on any atom is -0.450 e. The van der Waals surface area contributed by atoms with Gasteiger partial charge < -0.3 is 24.8 Å². The van der Waals surface area contributed by atoms with Crippen LogP contribution in [0.2, 0.25) is 0 Å². The summed E-state index contributed by atoms with van der Waals surface area (Å²) in [7, 11) is 0. The second-order valence-corrected chi connectivity index (χ2v) is 6.52. The smallest absolute Gasteiger partial charge is 0.409 e. The number of carbonyl (C=O) groups is 3. The van der Waals surface area contributed by atoms with Crippen LogP contribution < -0.4 is 5.32 Å². The van der Waals surface area contributed by atoms with Crippen molar-refractivity contribution in [2.24, 2.45) is 0 Å². The maximum absolute atomic E-state index is 12.2. The minimum atomic E-state index is -0.298. The van der Waals surface area contributed by atoms with Crippen LogP contribution in [0.15, 0.2) is 0 Å². The highest BCUT2D eigenvalue weighted by atomic mass is 16.6. The van der Waals surface area contributed by atoms with E-state index in [-0.39, 0.29) is 30.4 Å². The molecule has 2 fully saturated rings. The molecule has 0 aromatic carbocycles. The zero-order chi connectivity index (χ0) is 18.2. The summed E-state index contributed by atoms with van der Waals surface area (Å²) in [6.07, 6.45) is 0.986. The molecule has 2 rings (SSSR count). The number of nitrogens with one attached hydrogen (secondary N) is 1. The number of carbonyl (C=O) groups excluding carboxylic acids is 3. The molecule has 142 valence electrons. The first-order valence-electron chi connectivity index (χ1n) is 9.24. The summed E-state index contributed by atoms with van der Waals surface area (Å²) >= 11 is 0. The third-order valence-corrected chi connectivity index (χ3v) is 4.87. The molecule has 2 aliphatic heterocycles. The lowest BCUT2D eigenvalue weighted by molar-refractivity contribution is -0.137. The van der Waals surface area contributed by atoms with Gasteiger partial charge in [-0.1, -0.05) is 6.92 Å². The molecule has 0 radical (unpaired) electrons. The van der Waals surface area contributed by atoms with Gasteiger partial charge in [-0.3, -0.25) is 9.59 Å². The summed E-state index contributed by atoms with van der Waals surface area (Å²) in [5.41, 5.74) is 0. The summed E-state index contributed by atoms with van der Waals surface area (Å²) in [6, 6.07) is 0.0166. The van der Waals surface area contributed by atoms with E-state index in [4.69, 9.17) is 4.74 Å². The third-order valence-electron chi connectivity index (χ3n) is 4.87. The van der Waals surface area contributed by atoms with E-state index in [1.165, 1.54) is 0 Å². The number of hydrogen-bond acceptors (Lipinski definition) is 5. The van der Waals surface area contributed by atoms with Gasteiger partial charge in [-0.2, -0.15) is 0 Å². The molecule has 0 aromatic rings. The molecular formula is C17H30N4O4. The first-order valence-corrected chi connectivity index (χ1v) is 9.24. The highest BCUT2D eigenvalue weighted by Crippen LogP contribution is 2.12. The Balaban J connectivity index is 1.67. The van der Waals surface area contributed by atoms with Gasteiger partial charge in [0.25, 0.3) is 0 Å². The standard InChI is InChI=1S/C17H30N4O4/c1-3-19-9-11-20(12-10-19)16(23)13-15(22)18-14-5-7-21(8-6-14)17(24)25-4-2/h14H,3-13H2,1-2H3,(H,18,22). The van der Waals surface area contributed by atoms with Gasteiger partial charge in [-0.15, -0.1) is 0 Å². The molecule has 2 heterocycles. The average Bonchev–Trinajstić information content (AvgIpc) is 2.62. The zero-order valence-corrected chi connectivity index (χ0v) is 15.3. The fourth-order valence-electron chi connectivity index (χ4n) is 3.26. The molecule has 0 aliphatic carbocycles. The molecule has 0 unspecified atom stereocenters. The molecule has 0 aromatic heterocycles. The highest BCUT2D eigenvalue weighted by Gasteiger charge is 2.26. The predicted molar refractivity (Wildman–Crippen MR) is 93.1 cm³/mol. The van der Waals surface area contributed by atoms with E-state index in [0.29, 0.717) is 45.6 Å². The van der Waals surface area contributed by atoms with Crippen molar-refractivity contribution in [1.29, 1.82) is 0 Å². The number of ether oxygens (including phenoxy) is 1. The van der Waals surface area contributed by atoms with Crippen LogP contribution in [0.25, 0.3) is 0 Å². The van der Waals surface area contributed by atoms with Crippen LogP contribution in [0.4, 0.5) is 4.79 Å². The van der Waals surface area contributed by atoms with Crippen LogP contribution in [0, 0.1) is 0 Å². The number of piperazine rings is 1. The Morgan fingerprint density at radius 1 is 0.960 bits per heavy atom. The Morgan fingerprint density at radius 3 is 2.16 bits per heavy atom. The first kappa shape index (κ1) is 19.5. The molecule has 0 bridgehead atoms. The van der Waals surface area contributed by atoms with Gasteiger partial charge in [-0.25, -0.2) is 4.79 Å². The van der Waals surface area contributed by atoms with Crippen molar-refractivity contribution in [2.75, 3.05) is 52.4 Å². The lowest BCUT2D eigenvalue weighted by atomic mass is 10.1. The zero-order valence-electron chi connectivity index (χ0n) is 15.3. The topological polar surface area (TPSA) is 82.2 Å². The van der Waals surface area contributed by atoms with Crippen LogP contribution in [-0.4, -0.2) is 91.1 Å². The van der Waals surface area contributed by atoms with Crippen LogP contribution in [0.5, 0.6) is 0 Å². The summed E-state index contributed by atoms with van der Waals surface area (Å²) in [5, 5.41) is 2.92. The van der Waals surface area contributed by atoms with Crippen molar-refractivity contribution in [2.45, 2.75) is 39.2 Å². The molecular weight excluding hydrogens is 324 g/mol. The van der Waals surface area contributed by atoms with Gasteiger partial charge in [0.15, 0.2) is 0 Å². The lowest BCUT2D eigenvalue weighted by Crippen LogP contribution is -2.50. The summed E-state index contributed by atoms with van der Waals surface area (Å²) in [4.78, 5) is 41.7. The van der Waals surface area contributed by atoms with Crippen LogP contribution in [0.1, 0.15) is 33.1 Å². The van der Waals surface area contributed by atoms with Crippen molar-refractivity contribution < 1.29 is 19.1 Å². The first-order chi connectivity index (χ1) is 12.0. The minimum absolute atomic E-state index is 0.0166. The Morgan fingerprint density at radius 2 is 1.60 bits per heavy atom. The van der Waals surface area contributed by atoms with E-state index in [1.807, 2.05) is 0 Å². The maximum atomic E-state index is 12.2. The molecule has 25 heavy (non-hydrogen) atoms. The van der Waals surface area contributed by atoms with Gasteiger partial charge in [0.2, 0.25) is 11.8 Å². The van der Waals surface area contributed by atoms with Crippen molar-refractivity contribution >= 4 is 17.9 Å². The van der Waals surface area contributed by atoms with E-state index in [1.54, 1.807) is 16.7 Å². The van der Waals surface area contributed by atoms with Crippen molar-refractivity contribution in [3.63, 3.8) is 0 Å². The molecule has 8 nitrogen and oxygen atoms in total. The van der Waals surface area contributed by atoms with Crippen molar-refractivity contribution in [1.82, 2.24) is 20.0 Å². The van der Waals surface area contributed by atoms with Gasteiger partial charge in [0.1, 0.15) is 6.42 Å². The fraction of sp³-hybridized carbons (Fsp3) is 0.824. The Bertz CT molecular complexity index is 469. The molecule has 0 saturated carbocycles. The number of piperidine rings is 1. The largest absolute Gasteiger partial charge is 0.450 e. The van der Waals surface area contributed by atoms with Gasteiger partial charge in [-0.05, 0) is 26.3 Å². The Kier molecular flexibility index (Phi) is 7.49. The molecule has 1 N–H and O–H groups in total. The third kappa shape index (κ3) is 5.88. The molecule has 2 aliphatic rings. The van der Waals surface area contributed by atoms with E-state index in [2.05, 4.69) is 17.1 Å². The van der Waals surface area contributed by atoms with E-state index < -0.39 is 0 Å². The highest BCUT2D eigenvalue weighted by molar-refractivity contribution is 5.97. The molecule has 2 saturated heterocycles. The normalized spacial score (nSPS) is 19.6. The van der Waals surface area contributed by atoms with E-state index >= 15 is 0 Å². The Labute approximate surface area is 149 Å². The van der Waals surface area contributed by atoms with Gasteiger partial charge >= 0.3 is 6.09 Å². The molecule has 8 heteroatoms. The quantitative estimate of drug-likeness (QED) is 0.717. The second-order valence-electron chi connectivity index (χ2n) is 6.52. The molecule has 0 atom stereocenters. The maximum Gasteiger partial charge on any atom is 0.409 e. The lowest BCUT2D eigenvalue weighted by Gasteiger charge is -2.34. The number of amides is 3. The Hall–Kier alpha value is -1.83. The SMILES string of the molecule is CCOC(=O)N1CCC(NC(=O)CC(=O)N2CCN(CC)CC2)CC1. The van der Waals surface area contributed by atoms with Crippen LogP contribution in [0.3, 0.4) is 0 Å². The van der Waals surface area contributed by atoms with Crippen LogP contribution >= 0.6 is 0 Å². The molecule has 0 spiro atoms. The van der Waals surface area contributed by atoms with E-state index in [9.17, 15) is 14.4 Å². The number of likely N-dealkylation sites (tertiary alicyclic amines) is 1. The van der Waals surface area contributed by atoms with Crippen LogP contribution in [-0.2, 0) is 14.3 Å². The number of hydrogen-bond donors (Lipinski definition) is 1. The number of likely N-dealkylation sites (N-methyl/N-ethyl adjacent to an activating group) is 1. The van der Waals surface area contributed by atoms with Gasteiger partial charge in [0.05, 0.1) is 6.61 Å². The number of nitrogens with zero attached hydrogens (tertiary/aromatic N) is 3. The number of rotatable bonds is 5. The van der Waals surface area contributed by atoms with Crippen molar-refractivity contribution in [3.05, 3.63) is 0 Å². The van der Waals surface area contributed by atoms with E-state index in [0.717, 1.165) is 19.6 Å². The average molecular weight is 354 g/mol. The van der Waals surface area contributed by atoms with Gasteiger partial charge in [0, 0.05) is 45.3 Å². The fourth-order valence-corrected chi connectivity index (χ4v) is 3.26. The second kappa shape index (κ2) is 9.60.